The highest BCUT2D eigenvalue weighted by Gasteiger charge is 2.25. The fourth-order valence-corrected chi connectivity index (χ4v) is 1.94. The minimum Gasteiger partial charge on any atom is -0.480 e. The number of carboxylic acid groups (broad SMARTS) is 1. The van der Waals surface area contributed by atoms with Crippen molar-refractivity contribution in [3.63, 3.8) is 0 Å². The highest BCUT2D eigenvalue weighted by Crippen LogP contribution is 2.07. The van der Waals surface area contributed by atoms with Gasteiger partial charge in [0, 0.05) is 19.8 Å². The van der Waals surface area contributed by atoms with E-state index in [1.165, 1.54) is 25.1 Å². The first-order valence-corrected chi connectivity index (χ1v) is 6.81. The topological polar surface area (TPSA) is 95.5 Å². The molecule has 0 aromatic heterocycles. The molecule has 0 saturated heterocycles. The van der Waals surface area contributed by atoms with Crippen LogP contribution in [0.1, 0.15) is 18.9 Å². The van der Waals surface area contributed by atoms with Crippen LogP contribution in [0, 0.1) is 18.2 Å². The summed E-state index contributed by atoms with van der Waals surface area (Å²) in [6.45, 7) is 1.22. The Morgan fingerprint density at radius 1 is 1.30 bits per heavy atom. The number of aliphatic carboxylic acids is 1. The number of carbonyl (C=O) groups is 3. The number of benzene rings is 1. The number of hydrogen-bond donors (Lipinski definition) is 3. The van der Waals surface area contributed by atoms with Gasteiger partial charge in [-0.05, 0) is 17.7 Å². The van der Waals surface area contributed by atoms with E-state index in [9.17, 15) is 18.8 Å². The van der Waals surface area contributed by atoms with E-state index >= 15 is 0 Å². The van der Waals surface area contributed by atoms with Crippen molar-refractivity contribution in [1.82, 2.24) is 10.6 Å². The van der Waals surface area contributed by atoms with Crippen molar-refractivity contribution in [2.24, 2.45) is 0 Å². The largest absolute Gasteiger partial charge is 0.480 e. The lowest BCUT2D eigenvalue weighted by atomic mass is 10.0. The van der Waals surface area contributed by atoms with Crippen LogP contribution < -0.4 is 10.6 Å². The Balaban J connectivity index is 2.88. The van der Waals surface area contributed by atoms with Gasteiger partial charge in [-0.25, -0.2) is 9.18 Å². The Bertz CT molecular complexity index is 639. The van der Waals surface area contributed by atoms with Gasteiger partial charge in [0.1, 0.15) is 17.9 Å². The maximum absolute atomic E-state index is 13.2. The summed E-state index contributed by atoms with van der Waals surface area (Å²) in [6, 6.07) is 3.28. The molecule has 0 aliphatic carbocycles. The molecule has 2 amide bonds. The molecule has 0 saturated carbocycles. The van der Waals surface area contributed by atoms with Crippen LogP contribution in [0.4, 0.5) is 4.39 Å². The van der Waals surface area contributed by atoms with E-state index in [0.29, 0.717) is 5.56 Å². The minimum absolute atomic E-state index is 0.0194. The molecule has 2 atom stereocenters. The number of carboxylic acids is 1. The number of rotatable bonds is 7. The summed E-state index contributed by atoms with van der Waals surface area (Å²) < 4.78 is 13.2. The van der Waals surface area contributed by atoms with Crippen LogP contribution in [-0.2, 0) is 20.8 Å². The molecule has 0 radical (unpaired) electrons. The van der Waals surface area contributed by atoms with Crippen molar-refractivity contribution in [3.05, 3.63) is 35.6 Å². The maximum atomic E-state index is 13.2. The summed E-state index contributed by atoms with van der Waals surface area (Å²) in [5.41, 5.74) is 0.489. The smallest absolute Gasteiger partial charge is 0.327 e. The summed E-state index contributed by atoms with van der Waals surface area (Å²) in [4.78, 5) is 34.5. The predicted octanol–water partition coefficient (Wildman–Crippen LogP) is 0.466. The van der Waals surface area contributed by atoms with Gasteiger partial charge in [-0.1, -0.05) is 12.1 Å². The standard InChI is InChI=1S/C16H17FN2O4/c1-3-5-13(16(22)23)19-15(21)14(18-10(2)20)9-11-6-4-7-12(17)8-11/h1,4,6-8,13-14H,5,9H2,2H3,(H,18,20)(H,19,21)(H,22,23)/t13-,14+/m1/s1. The summed E-state index contributed by atoms with van der Waals surface area (Å²) >= 11 is 0. The third kappa shape index (κ3) is 6.18. The number of hydrogen-bond acceptors (Lipinski definition) is 3. The van der Waals surface area contributed by atoms with Crippen molar-refractivity contribution in [2.45, 2.75) is 31.8 Å². The first-order valence-electron chi connectivity index (χ1n) is 6.81. The van der Waals surface area contributed by atoms with E-state index in [4.69, 9.17) is 11.5 Å². The second kappa shape index (κ2) is 8.54. The summed E-state index contributed by atoms with van der Waals surface area (Å²) in [5, 5.41) is 13.7. The van der Waals surface area contributed by atoms with Crippen LogP contribution in [-0.4, -0.2) is 35.0 Å². The Morgan fingerprint density at radius 3 is 2.52 bits per heavy atom. The van der Waals surface area contributed by atoms with E-state index in [1.54, 1.807) is 6.07 Å². The van der Waals surface area contributed by atoms with Gasteiger partial charge in [0.05, 0.1) is 0 Å². The molecule has 0 aliphatic heterocycles. The molecular weight excluding hydrogens is 303 g/mol. The quantitative estimate of drug-likeness (QED) is 0.636. The van der Waals surface area contributed by atoms with Crippen LogP contribution in [0.3, 0.4) is 0 Å². The Labute approximate surface area is 133 Å². The highest BCUT2D eigenvalue weighted by atomic mass is 19.1. The third-order valence-corrected chi connectivity index (χ3v) is 2.96. The van der Waals surface area contributed by atoms with Crippen LogP contribution in [0.15, 0.2) is 24.3 Å². The third-order valence-electron chi connectivity index (χ3n) is 2.96. The van der Waals surface area contributed by atoms with Gasteiger partial charge in [-0.3, -0.25) is 9.59 Å². The number of amides is 2. The van der Waals surface area contributed by atoms with Gasteiger partial charge in [-0.2, -0.15) is 0 Å². The van der Waals surface area contributed by atoms with E-state index in [2.05, 4.69) is 16.6 Å². The van der Waals surface area contributed by atoms with Crippen molar-refractivity contribution in [2.75, 3.05) is 0 Å². The normalized spacial score (nSPS) is 12.6. The molecule has 0 aliphatic rings. The summed E-state index contributed by atoms with van der Waals surface area (Å²) in [6.07, 6.45) is 4.90. The molecule has 6 nitrogen and oxygen atoms in total. The lowest BCUT2D eigenvalue weighted by Crippen LogP contribution is -2.52. The molecule has 23 heavy (non-hydrogen) atoms. The molecule has 0 heterocycles. The fraction of sp³-hybridized carbons (Fsp3) is 0.312. The van der Waals surface area contributed by atoms with Crippen LogP contribution >= 0.6 is 0 Å². The van der Waals surface area contributed by atoms with Crippen molar-refractivity contribution >= 4 is 17.8 Å². The zero-order valence-corrected chi connectivity index (χ0v) is 12.5. The number of carbonyl (C=O) groups excluding carboxylic acids is 2. The zero-order chi connectivity index (χ0) is 17.4. The maximum Gasteiger partial charge on any atom is 0.327 e. The molecule has 1 aromatic carbocycles. The van der Waals surface area contributed by atoms with Crippen LogP contribution in [0.25, 0.3) is 0 Å². The van der Waals surface area contributed by atoms with Gasteiger partial charge < -0.3 is 15.7 Å². The first kappa shape index (κ1) is 18.2. The van der Waals surface area contributed by atoms with Gasteiger partial charge in [0.2, 0.25) is 11.8 Å². The lowest BCUT2D eigenvalue weighted by Gasteiger charge is -2.20. The number of halogens is 1. The van der Waals surface area contributed by atoms with Crippen LogP contribution in [0.2, 0.25) is 0 Å². The fourth-order valence-electron chi connectivity index (χ4n) is 1.94. The van der Waals surface area contributed by atoms with E-state index in [-0.39, 0.29) is 12.8 Å². The van der Waals surface area contributed by atoms with Crippen molar-refractivity contribution in [3.8, 4) is 12.3 Å². The average Bonchev–Trinajstić information content (AvgIpc) is 2.45. The predicted molar refractivity (Wildman–Crippen MR) is 80.7 cm³/mol. The van der Waals surface area contributed by atoms with Gasteiger partial charge in [0.15, 0.2) is 0 Å². The van der Waals surface area contributed by atoms with Gasteiger partial charge >= 0.3 is 5.97 Å². The lowest BCUT2D eigenvalue weighted by molar-refractivity contribution is -0.142. The molecule has 0 bridgehead atoms. The second-order valence-electron chi connectivity index (χ2n) is 4.89. The zero-order valence-electron chi connectivity index (χ0n) is 12.5. The second-order valence-corrected chi connectivity index (χ2v) is 4.89. The van der Waals surface area contributed by atoms with Crippen molar-refractivity contribution < 1.29 is 23.9 Å². The van der Waals surface area contributed by atoms with E-state index in [0.717, 1.165) is 0 Å². The molecule has 3 N–H and O–H groups in total. The average molecular weight is 320 g/mol. The molecule has 1 rings (SSSR count). The SMILES string of the molecule is C#CC[C@@H](NC(=O)[C@H](Cc1cccc(F)c1)NC(C)=O)C(=O)O. The number of terminal acetylenes is 1. The minimum atomic E-state index is -1.27. The molecular formula is C16H17FN2O4. The Hall–Kier alpha value is -2.88. The van der Waals surface area contributed by atoms with Gasteiger partial charge in [-0.15, -0.1) is 12.3 Å². The molecule has 0 spiro atoms. The van der Waals surface area contributed by atoms with E-state index < -0.39 is 35.7 Å². The molecule has 0 unspecified atom stereocenters. The first-order chi connectivity index (χ1) is 10.8. The van der Waals surface area contributed by atoms with Crippen molar-refractivity contribution in [1.29, 1.82) is 0 Å². The van der Waals surface area contributed by atoms with Gasteiger partial charge in [0.25, 0.3) is 0 Å². The molecule has 122 valence electrons. The summed E-state index contributed by atoms with van der Waals surface area (Å²) in [7, 11) is 0. The monoisotopic (exact) mass is 320 g/mol. The Morgan fingerprint density at radius 2 is 2.00 bits per heavy atom. The summed E-state index contributed by atoms with van der Waals surface area (Å²) in [5.74, 6) is -0.757. The molecule has 0 fully saturated rings. The molecule has 1 aromatic rings. The van der Waals surface area contributed by atoms with E-state index in [1.807, 2.05) is 0 Å². The number of nitrogens with one attached hydrogen (secondary N) is 2. The molecule has 7 heteroatoms. The Kier molecular flexibility index (Phi) is 6.74. The highest BCUT2D eigenvalue weighted by molar-refractivity contribution is 5.90. The van der Waals surface area contributed by atoms with Crippen LogP contribution in [0.5, 0.6) is 0 Å².